The van der Waals surface area contributed by atoms with Crippen LogP contribution < -0.4 is 10.6 Å². The highest BCUT2D eigenvalue weighted by Crippen LogP contribution is 2.03. The van der Waals surface area contributed by atoms with Crippen molar-refractivity contribution in [3.05, 3.63) is 0 Å². The van der Waals surface area contributed by atoms with E-state index in [1.807, 2.05) is 13.8 Å². The lowest BCUT2D eigenvalue weighted by molar-refractivity contribution is -0.128. The van der Waals surface area contributed by atoms with Gasteiger partial charge in [0, 0.05) is 20.2 Å². The van der Waals surface area contributed by atoms with Gasteiger partial charge in [0.2, 0.25) is 5.91 Å². The highest BCUT2D eigenvalue weighted by atomic mass is 16.5. The number of carbonyl (C=O) groups is 1. The van der Waals surface area contributed by atoms with Crippen molar-refractivity contribution in [1.29, 1.82) is 0 Å². The number of hydrogen-bond acceptors (Lipinski definition) is 4. The standard InChI is InChI=1S/C11H22N2O3/c1-4-8(2)16-7-11(14)13-9-5-12-6-10(9)15-3/h8-10,12H,4-7H2,1-3H3,(H,13,14)/t8-,9+,10-/m0/s1. The van der Waals surface area contributed by atoms with E-state index in [9.17, 15) is 4.79 Å². The van der Waals surface area contributed by atoms with E-state index in [1.54, 1.807) is 7.11 Å². The molecule has 0 aromatic heterocycles. The Morgan fingerprint density at radius 2 is 2.31 bits per heavy atom. The second-order valence-electron chi connectivity index (χ2n) is 4.14. The molecule has 3 atom stereocenters. The number of amides is 1. The minimum absolute atomic E-state index is 0.0537. The third-order valence-corrected chi connectivity index (χ3v) is 2.88. The molecule has 1 amide bonds. The zero-order chi connectivity index (χ0) is 12.0. The molecule has 16 heavy (non-hydrogen) atoms. The second kappa shape index (κ2) is 6.83. The Morgan fingerprint density at radius 3 is 2.94 bits per heavy atom. The zero-order valence-electron chi connectivity index (χ0n) is 10.3. The molecule has 1 saturated heterocycles. The molecule has 0 spiro atoms. The van der Waals surface area contributed by atoms with Crippen molar-refractivity contribution in [2.24, 2.45) is 0 Å². The minimum Gasteiger partial charge on any atom is -0.378 e. The molecule has 1 rings (SSSR count). The van der Waals surface area contributed by atoms with Crippen LogP contribution in [0.3, 0.4) is 0 Å². The average molecular weight is 230 g/mol. The summed E-state index contributed by atoms with van der Waals surface area (Å²) in [4.78, 5) is 11.6. The first-order chi connectivity index (χ1) is 7.67. The van der Waals surface area contributed by atoms with Gasteiger partial charge in [-0.2, -0.15) is 0 Å². The summed E-state index contributed by atoms with van der Waals surface area (Å²) in [6.45, 7) is 5.66. The number of rotatable bonds is 6. The third kappa shape index (κ3) is 4.08. The van der Waals surface area contributed by atoms with E-state index >= 15 is 0 Å². The molecular formula is C11H22N2O3. The number of methoxy groups -OCH3 is 1. The molecule has 1 aliphatic heterocycles. The lowest BCUT2D eigenvalue weighted by Gasteiger charge is -2.19. The van der Waals surface area contributed by atoms with Crippen LogP contribution in [0.25, 0.3) is 0 Å². The number of carbonyl (C=O) groups excluding carboxylic acids is 1. The molecule has 1 fully saturated rings. The van der Waals surface area contributed by atoms with Crippen LogP contribution in [0.4, 0.5) is 0 Å². The van der Waals surface area contributed by atoms with Gasteiger partial charge < -0.3 is 20.1 Å². The van der Waals surface area contributed by atoms with E-state index in [0.717, 1.165) is 19.5 Å². The van der Waals surface area contributed by atoms with Gasteiger partial charge in [-0.3, -0.25) is 4.79 Å². The highest BCUT2D eigenvalue weighted by Gasteiger charge is 2.27. The van der Waals surface area contributed by atoms with Crippen LogP contribution in [0.1, 0.15) is 20.3 Å². The molecular weight excluding hydrogens is 208 g/mol. The summed E-state index contributed by atoms with van der Waals surface area (Å²) in [6, 6.07) is 0.0537. The fourth-order valence-corrected chi connectivity index (χ4v) is 1.63. The summed E-state index contributed by atoms with van der Waals surface area (Å²) >= 11 is 0. The third-order valence-electron chi connectivity index (χ3n) is 2.88. The van der Waals surface area contributed by atoms with Gasteiger partial charge in [0.15, 0.2) is 0 Å². The smallest absolute Gasteiger partial charge is 0.246 e. The summed E-state index contributed by atoms with van der Waals surface area (Å²) in [5.74, 6) is -0.0731. The first-order valence-corrected chi connectivity index (χ1v) is 5.81. The van der Waals surface area contributed by atoms with Crippen LogP contribution in [0.2, 0.25) is 0 Å². The van der Waals surface area contributed by atoms with Crippen molar-refractivity contribution in [2.75, 3.05) is 26.8 Å². The Balaban J connectivity index is 2.23. The molecule has 2 N–H and O–H groups in total. The van der Waals surface area contributed by atoms with Gasteiger partial charge >= 0.3 is 0 Å². The molecule has 0 aromatic rings. The number of hydrogen-bond donors (Lipinski definition) is 2. The Hall–Kier alpha value is -0.650. The van der Waals surface area contributed by atoms with Crippen molar-refractivity contribution in [1.82, 2.24) is 10.6 Å². The van der Waals surface area contributed by atoms with Gasteiger partial charge in [0.05, 0.1) is 18.2 Å². The van der Waals surface area contributed by atoms with Crippen molar-refractivity contribution in [3.8, 4) is 0 Å². The molecule has 0 aromatic carbocycles. The predicted octanol–water partition coefficient (Wildman–Crippen LogP) is -0.0955. The highest BCUT2D eigenvalue weighted by molar-refractivity contribution is 5.77. The molecule has 0 radical (unpaired) electrons. The van der Waals surface area contributed by atoms with Crippen LogP contribution >= 0.6 is 0 Å². The predicted molar refractivity (Wildman–Crippen MR) is 61.3 cm³/mol. The van der Waals surface area contributed by atoms with E-state index in [0.29, 0.717) is 0 Å². The van der Waals surface area contributed by atoms with Gasteiger partial charge in [-0.25, -0.2) is 0 Å². The topological polar surface area (TPSA) is 59.6 Å². The van der Waals surface area contributed by atoms with Crippen LogP contribution in [0.5, 0.6) is 0 Å². The van der Waals surface area contributed by atoms with Crippen LogP contribution in [0.15, 0.2) is 0 Å². The van der Waals surface area contributed by atoms with E-state index in [1.165, 1.54) is 0 Å². The molecule has 0 aliphatic carbocycles. The number of nitrogens with one attached hydrogen (secondary N) is 2. The summed E-state index contributed by atoms with van der Waals surface area (Å²) in [5, 5.41) is 6.08. The first kappa shape index (κ1) is 13.4. The molecule has 0 bridgehead atoms. The van der Waals surface area contributed by atoms with E-state index < -0.39 is 0 Å². The van der Waals surface area contributed by atoms with Crippen LogP contribution in [-0.4, -0.2) is 51.0 Å². The van der Waals surface area contributed by atoms with Crippen molar-refractivity contribution >= 4 is 5.91 Å². The lowest BCUT2D eigenvalue weighted by Crippen LogP contribution is -2.45. The number of ether oxygens (including phenoxy) is 2. The SMILES string of the molecule is CC[C@H](C)OCC(=O)N[C@@H]1CNC[C@@H]1OC. The fourth-order valence-electron chi connectivity index (χ4n) is 1.63. The maximum atomic E-state index is 11.6. The Morgan fingerprint density at radius 1 is 1.56 bits per heavy atom. The largest absolute Gasteiger partial charge is 0.378 e. The quantitative estimate of drug-likeness (QED) is 0.669. The van der Waals surface area contributed by atoms with Gasteiger partial charge in [-0.05, 0) is 13.3 Å². The first-order valence-electron chi connectivity index (χ1n) is 5.81. The molecule has 0 saturated carbocycles. The summed E-state index contributed by atoms with van der Waals surface area (Å²) in [6.07, 6.45) is 1.11. The van der Waals surface area contributed by atoms with Crippen molar-refractivity contribution in [2.45, 2.75) is 38.5 Å². The summed E-state index contributed by atoms with van der Waals surface area (Å²) < 4.78 is 10.6. The van der Waals surface area contributed by atoms with E-state index in [-0.39, 0.29) is 30.8 Å². The maximum absolute atomic E-state index is 11.6. The van der Waals surface area contributed by atoms with Gasteiger partial charge in [0.1, 0.15) is 6.61 Å². The summed E-state index contributed by atoms with van der Waals surface area (Å²) in [7, 11) is 1.66. The molecule has 0 unspecified atom stereocenters. The van der Waals surface area contributed by atoms with E-state index in [2.05, 4.69) is 10.6 Å². The minimum atomic E-state index is -0.0731. The Labute approximate surface area is 96.9 Å². The second-order valence-corrected chi connectivity index (χ2v) is 4.14. The molecule has 1 heterocycles. The fraction of sp³-hybridized carbons (Fsp3) is 0.909. The zero-order valence-corrected chi connectivity index (χ0v) is 10.3. The van der Waals surface area contributed by atoms with Crippen molar-refractivity contribution in [3.63, 3.8) is 0 Å². The van der Waals surface area contributed by atoms with Gasteiger partial charge in [0.25, 0.3) is 0 Å². The van der Waals surface area contributed by atoms with Crippen molar-refractivity contribution < 1.29 is 14.3 Å². The van der Waals surface area contributed by atoms with Gasteiger partial charge in [-0.1, -0.05) is 6.92 Å². The molecule has 5 heteroatoms. The molecule has 1 aliphatic rings. The molecule has 5 nitrogen and oxygen atoms in total. The summed E-state index contributed by atoms with van der Waals surface area (Å²) in [5.41, 5.74) is 0. The molecule has 94 valence electrons. The average Bonchev–Trinajstić information content (AvgIpc) is 2.73. The maximum Gasteiger partial charge on any atom is 0.246 e. The normalized spacial score (nSPS) is 26.7. The van der Waals surface area contributed by atoms with Crippen LogP contribution in [-0.2, 0) is 14.3 Å². The van der Waals surface area contributed by atoms with Crippen LogP contribution in [0, 0.1) is 0 Å². The Bertz CT molecular complexity index is 223. The Kier molecular flexibility index (Phi) is 5.73. The lowest BCUT2D eigenvalue weighted by atomic mass is 10.2. The van der Waals surface area contributed by atoms with E-state index in [4.69, 9.17) is 9.47 Å². The monoisotopic (exact) mass is 230 g/mol. The van der Waals surface area contributed by atoms with Gasteiger partial charge in [-0.15, -0.1) is 0 Å².